The van der Waals surface area contributed by atoms with Crippen LogP contribution in [0, 0.1) is 17.8 Å². The van der Waals surface area contributed by atoms with Gasteiger partial charge >= 0.3 is 29.8 Å². The van der Waals surface area contributed by atoms with E-state index in [9.17, 15) is 24.0 Å². The predicted molar refractivity (Wildman–Crippen MR) is 234 cm³/mol. The van der Waals surface area contributed by atoms with E-state index in [4.69, 9.17) is 24.4 Å². The Morgan fingerprint density at radius 1 is 0.492 bits per heavy atom. The van der Waals surface area contributed by atoms with Crippen LogP contribution in [0.4, 0.5) is 0 Å². The van der Waals surface area contributed by atoms with Crippen molar-refractivity contribution in [1.82, 2.24) is 4.90 Å². The lowest BCUT2D eigenvalue weighted by Gasteiger charge is -2.19. The topological polar surface area (TPSA) is 157 Å². The Labute approximate surface area is 358 Å². The Kier molecular flexibility index (Phi) is 35.2. The highest BCUT2D eigenvalue weighted by atomic mass is 16.6. The number of carbonyl (C=O) groups is 5. The minimum Gasteiger partial charge on any atom is -0.481 e. The highest BCUT2D eigenvalue weighted by Crippen LogP contribution is 2.25. The van der Waals surface area contributed by atoms with Gasteiger partial charge in [0.1, 0.15) is 19.8 Å². The molecule has 1 fully saturated rings. The lowest BCUT2D eigenvalue weighted by molar-refractivity contribution is -0.155. The summed E-state index contributed by atoms with van der Waals surface area (Å²) in [5.74, 6) is -2.22. The van der Waals surface area contributed by atoms with Gasteiger partial charge in [0.2, 0.25) is 0 Å². The Morgan fingerprint density at radius 3 is 1.25 bits per heavy atom. The summed E-state index contributed by atoms with van der Waals surface area (Å²) in [4.78, 5) is 61.8. The zero-order valence-electron chi connectivity index (χ0n) is 37.7. The Hall–Kier alpha value is -2.69. The molecule has 11 nitrogen and oxygen atoms in total. The lowest BCUT2D eigenvalue weighted by Crippen LogP contribution is -2.29. The van der Waals surface area contributed by atoms with Gasteiger partial charge in [0.15, 0.2) is 0 Å². The first-order valence-electron chi connectivity index (χ1n) is 24.2. The number of unbranched alkanes of at least 4 members (excludes halogenated alkanes) is 21. The van der Waals surface area contributed by atoms with Crippen LogP contribution in [-0.2, 0) is 38.2 Å². The fourth-order valence-corrected chi connectivity index (χ4v) is 8.06. The summed E-state index contributed by atoms with van der Waals surface area (Å²) < 4.78 is 16.9. The second-order valence-corrected chi connectivity index (χ2v) is 17.6. The van der Waals surface area contributed by atoms with Crippen molar-refractivity contribution in [3.63, 3.8) is 0 Å². The van der Waals surface area contributed by atoms with Crippen molar-refractivity contribution in [2.45, 2.75) is 219 Å². The van der Waals surface area contributed by atoms with Crippen LogP contribution in [0.25, 0.3) is 0 Å². The molecule has 0 aromatic heterocycles. The van der Waals surface area contributed by atoms with Crippen LogP contribution >= 0.6 is 0 Å². The predicted octanol–water partition coefficient (Wildman–Crippen LogP) is 11.5. The first kappa shape index (κ1) is 54.3. The van der Waals surface area contributed by atoms with E-state index in [0.29, 0.717) is 25.3 Å². The van der Waals surface area contributed by atoms with Gasteiger partial charge in [-0.1, -0.05) is 161 Å². The second kappa shape index (κ2) is 38.2. The molecule has 2 N–H and O–H groups in total. The van der Waals surface area contributed by atoms with Crippen LogP contribution in [0.1, 0.15) is 219 Å². The molecule has 1 aliphatic rings. The average Bonchev–Trinajstić information content (AvgIpc) is 3.65. The van der Waals surface area contributed by atoms with Gasteiger partial charge in [-0.25, -0.2) is 0 Å². The van der Waals surface area contributed by atoms with E-state index < -0.39 is 17.9 Å². The lowest BCUT2D eigenvalue weighted by atomic mass is 9.89. The monoisotopic (exact) mass is 838 g/mol. The third-order valence-corrected chi connectivity index (χ3v) is 11.9. The molecule has 0 radical (unpaired) electrons. The summed E-state index contributed by atoms with van der Waals surface area (Å²) in [6.45, 7) is 3.90. The molecule has 2 atom stereocenters. The molecule has 1 heterocycles. The number of carbonyl (C=O) groups excluding carboxylic acids is 3. The van der Waals surface area contributed by atoms with Crippen LogP contribution in [-0.4, -0.2) is 84.9 Å². The number of hydrogen-bond acceptors (Lipinski definition) is 9. The number of nitrogens with zero attached hydrogens (tertiary/aromatic N) is 1. The third-order valence-electron chi connectivity index (χ3n) is 11.9. The number of rotatable bonds is 42. The molecular weight excluding hydrogens is 751 g/mol. The molecular formula is C48H87NO10. The van der Waals surface area contributed by atoms with Gasteiger partial charge < -0.3 is 29.3 Å². The maximum atomic E-state index is 12.8. The molecule has 0 aromatic rings. The number of aliphatic carboxylic acids is 2. The number of carboxylic acids is 2. The number of likely N-dealkylation sites (tertiary alicyclic amines) is 1. The third kappa shape index (κ3) is 34.7. The molecule has 0 spiro atoms. The fourth-order valence-electron chi connectivity index (χ4n) is 8.06. The van der Waals surface area contributed by atoms with E-state index in [-0.39, 0.29) is 56.5 Å². The van der Waals surface area contributed by atoms with Gasteiger partial charge in [-0.15, -0.1) is 0 Å². The fraction of sp³-hybridized carbons (Fsp3) is 0.896. The van der Waals surface area contributed by atoms with Crippen molar-refractivity contribution in [3.8, 4) is 0 Å². The summed E-state index contributed by atoms with van der Waals surface area (Å²) in [7, 11) is 1.99. The Bertz CT molecular complexity index is 1050. The van der Waals surface area contributed by atoms with Crippen molar-refractivity contribution < 1.29 is 48.4 Å². The Balaban J connectivity index is 2.46. The van der Waals surface area contributed by atoms with Crippen molar-refractivity contribution in [3.05, 3.63) is 0 Å². The molecule has 0 bridgehead atoms. The first-order chi connectivity index (χ1) is 28.6. The zero-order chi connectivity index (χ0) is 43.2. The zero-order valence-corrected chi connectivity index (χ0v) is 37.7. The van der Waals surface area contributed by atoms with Crippen molar-refractivity contribution in [1.29, 1.82) is 0 Å². The summed E-state index contributed by atoms with van der Waals surface area (Å²) in [5, 5.41) is 17.7. The van der Waals surface area contributed by atoms with Crippen LogP contribution in [0.3, 0.4) is 0 Å². The van der Waals surface area contributed by atoms with Gasteiger partial charge in [0.05, 0.1) is 11.8 Å². The molecule has 2 unspecified atom stereocenters. The summed E-state index contributed by atoms with van der Waals surface area (Å²) in [5.41, 5.74) is 0. The highest BCUT2D eigenvalue weighted by Gasteiger charge is 2.28. The molecule has 0 aromatic carbocycles. The van der Waals surface area contributed by atoms with Crippen LogP contribution in [0.15, 0.2) is 0 Å². The van der Waals surface area contributed by atoms with E-state index >= 15 is 0 Å². The maximum Gasteiger partial charge on any atom is 0.310 e. The molecule has 1 saturated heterocycles. The average molecular weight is 838 g/mol. The number of carboxylic acid groups (broad SMARTS) is 2. The van der Waals surface area contributed by atoms with Gasteiger partial charge in [-0.2, -0.15) is 0 Å². The molecule has 0 amide bonds. The van der Waals surface area contributed by atoms with E-state index in [1.165, 1.54) is 51.4 Å². The Morgan fingerprint density at radius 2 is 0.847 bits per heavy atom. The first-order valence-corrected chi connectivity index (χ1v) is 24.2. The number of ether oxygens (including phenoxy) is 3. The largest absolute Gasteiger partial charge is 0.481 e. The van der Waals surface area contributed by atoms with Gasteiger partial charge in [0.25, 0.3) is 0 Å². The SMILES string of the molecule is CCCCCCCCCCCCCC(=O)OCC(COC(=O)CCCCC(CCCCCCCCC(=O)O)CCCCCCCCC(=O)O)COC(=O)C1CCN(C)C1. The summed E-state index contributed by atoms with van der Waals surface area (Å²) in [6.07, 6.45) is 32.8. The van der Waals surface area contributed by atoms with Gasteiger partial charge in [0, 0.05) is 32.2 Å². The van der Waals surface area contributed by atoms with Crippen molar-refractivity contribution >= 4 is 29.8 Å². The summed E-state index contributed by atoms with van der Waals surface area (Å²) >= 11 is 0. The molecule has 1 rings (SSSR count). The number of esters is 3. The minimum atomic E-state index is -0.723. The van der Waals surface area contributed by atoms with Crippen molar-refractivity contribution in [2.24, 2.45) is 17.8 Å². The second-order valence-electron chi connectivity index (χ2n) is 17.6. The standard InChI is InChI=1S/C48H87NO10/c1-3-4-5-6-7-8-9-10-11-20-25-33-46(54)57-38-42(40-59-48(56)43-35-36-49(2)37-43)39-58-47(55)34-27-26-30-41(28-21-16-12-14-18-23-31-44(50)51)29-22-17-13-15-19-24-32-45(52)53/h41-43H,3-40H2,1-2H3,(H,50,51)(H,52,53). The maximum absolute atomic E-state index is 12.8. The van der Waals surface area contributed by atoms with Crippen LogP contribution in [0.5, 0.6) is 0 Å². The molecule has 11 heteroatoms. The van der Waals surface area contributed by atoms with Gasteiger partial charge in [-0.3, -0.25) is 24.0 Å². The normalized spacial score (nSPS) is 14.7. The van der Waals surface area contributed by atoms with E-state index in [1.54, 1.807) is 0 Å². The van der Waals surface area contributed by atoms with Crippen LogP contribution in [0.2, 0.25) is 0 Å². The number of hydrogen-bond donors (Lipinski definition) is 2. The minimum absolute atomic E-state index is 0.0393. The van der Waals surface area contributed by atoms with Crippen molar-refractivity contribution in [2.75, 3.05) is 40.0 Å². The molecule has 1 aliphatic heterocycles. The summed E-state index contributed by atoms with van der Waals surface area (Å²) in [6, 6.07) is 0. The molecule has 59 heavy (non-hydrogen) atoms. The van der Waals surface area contributed by atoms with E-state index in [1.807, 2.05) is 7.05 Å². The van der Waals surface area contributed by atoms with E-state index in [2.05, 4.69) is 11.8 Å². The van der Waals surface area contributed by atoms with Crippen LogP contribution < -0.4 is 0 Å². The quantitative estimate of drug-likeness (QED) is 0.0342. The highest BCUT2D eigenvalue weighted by molar-refractivity contribution is 5.73. The molecule has 0 saturated carbocycles. The molecule has 344 valence electrons. The smallest absolute Gasteiger partial charge is 0.310 e. The van der Waals surface area contributed by atoms with E-state index in [0.717, 1.165) is 141 Å². The van der Waals surface area contributed by atoms with Gasteiger partial charge in [-0.05, 0) is 51.6 Å². The molecule has 0 aliphatic carbocycles.